The average molecular weight is 233 g/mol. The summed E-state index contributed by atoms with van der Waals surface area (Å²) in [6.07, 6.45) is 3.94. The van der Waals surface area contributed by atoms with Crippen molar-refractivity contribution in [3.63, 3.8) is 0 Å². The maximum absolute atomic E-state index is 9.22. The second-order valence-corrected chi connectivity index (χ2v) is 4.77. The van der Waals surface area contributed by atoms with E-state index in [4.69, 9.17) is 0 Å². The van der Waals surface area contributed by atoms with Crippen molar-refractivity contribution in [2.45, 2.75) is 25.7 Å². The zero-order valence-corrected chi connectivity index (χ0v) is 10.1. The number of rotatable bonds is 4. The van der Waals surface area contributed by atoms with Crippen LogP contribution in [0.3, 0.4) is 0 Å². The summed E-state index contributed by atoms with van der Waals surface area (Å²) in [6.45, 7) is 2.19. The van der Waals surface area contributed by atoms with Crippen LogP contribution in [0.1, 0.15) is 29.8 Å². The smallest absolute Gasteiger partial charge is 0.115 e. The number of thiazole rings is 1. The van der Waals surface area contributed by atoms with Gasteiger partial charge in [-0.2, -0.15) is 0 Å². The molecule has 1 aromatic carbocycles. The molecule has 1 heterocycles. The van der Waals surface area contributed by atoms with E-state index < -0.39 is 0 Å². The van der Waals surface area contributed by atoms with E-state index in [0.29, 0.717) is 11.7 Å². The highest BCUT2D eigenvalue weighted by Crippen LogP contribution is 2.26. The number of phenols is 1. The van der Waals surface area contributed by atoms with Crippen LogP contribution in [-0.4, -0.2) is 10.1 Å². The van der Waals surface area contributed by atoms with Crippen molar-refractivity contribution in [2.24, 2.45) is 0 Å². The van der Waals surface area contributed by atoms with Gasteiger partial charge in [-0.1, -0.05) is 19.1 Å². The van der Waals surface area contributed by atoms with E-state index in [9.17, 15) is 5.11 Å². The SMILES string of the molecule is CC[C@H](Cc1ccc(O)cc1)c1nccs1. The molecule has 0 saturated heterocycles. The van der Waals surface area contributed by atoms with E-state index in [0.717, 1.165) is 12.8 Å². The van der Waals surface area contributed by atoms with Crippen LogP contribution >= 0.6 is 11.3 Å². The summed E-state index contributed by atoms with van der Waals surface area (Å²) in [5.74, 6) is 0.815. The number of aromatic hydroxyl groups is 1. The fourth-order valence-electron chi connectivity index (χ4n) is 1.76. The van der Waals surface area contributed by atoms with Crippen LogP contribution in [0, 0.1) is 0 Å². The van der Waals surface area contributed by atoms with Crippen LogP contribution in [0.2, 0.25) is 0 Å². The zero-order chi connectivity index (χ0) is 11.4. The Bertz CT molecular complexity index is 422. The van der Waals surface area contributed by atoms with Gasteiger partial charge in [0.05, 0.1) is 5.01 Å². The van der Waals surface area contributed by atoms with E-state index >= 15 is 0 Å². The van der Waals surface area contributed by atoms with Gasteiger partial charge in [0.1, 0.15) is 5.75 Å². The molecule has 0 fully saturated rings. The molecule has 0 saturated carbocycles. The molecular formula is C13H15NOS. The van der Waals surface area contributed by atoms with Crippen molar-refractivity contribution in [3.8, 4) is 5.75 Å². The lowest BCUT2D eigenvalue weighted by atomic mass is 9.97. The minimum atomic E-state index is 0.325. The van der Waals surface area contributed by atoms with Crippen LogP contribution < -0.4 is 0 Å². The predicted molar refractivity (Wildman–Crippen MR) is 67.0 cm³/mol. The summed E-state index contributed by atoms with van der Waals surface area (Å²) in [4.78, 5) is 4.37. The summed E-state index contributed by atoms with van der Waals surface area (Å²) in [5.41, 5.74) is 1.25. The monoisotopic (exact) mass is 233 g/mol. The first-order valence-electron chi connectivity index (χ1n) is 5.47. The van der Waals surface area contributed by atoms with Crippen molar-refractivity contribution in [1.82, 2.24) is 4.98 Å². The summed E-state index contributed by atoms with van der Waals surface area (Å²) >= 11 is 1.72. The molecule has 1 aromatic heterocycles. The topological polar surface area (TPSA) is 33.1 Å². The van der Waals surface area contributed by atoms with Crippen molar-refractivity contribution in [1.29, 1.82) is 0 Å². The third-order valence-corrected chi connectivity index (χ3v) is 3.65. The summed E-state index contributed by atoms with van der Waals surface area (Å²) < 4.78 is 0. The molecule has 1 atom stereocenters. The van der Waals surface area contributed by atoms with E-state index in [-0.39, 0.29) is 0 Å². The van der Waals surface area contributed by atoms with E-state index in [2.05, 4.69) is 11.9 Å². The van der Waals surface area contributed by atoms with Gasteiger partial charge in [-0.3, -0.25) is 0 Å². The molecule has 3 heteroatoms. The molecule has 0 aliphatic carbocycles. The number of benzene rings is 1. The molecule has 0 spiro atoms. The van der Waals surface area contributed by atoms with Crippen LogP contribution in [-0.2, 0) is 6.42 Å². The van der Waals surface area contributed by atoms with Crippen LogP contribution in [0.4, 0.5) is 0 Å². The van der Waals surface area contributed by atoms with E-state index in [1.807, 2.05) is 23.7 Å². The number of nitrogens with zero attached hydrogens (tertiary/aromatic N) is 1. The van der Waals surface area contributed by atoms with Gasteiger partial charge < -0.3 is 5.11 Å². The van der Waals surface area contributed by atoms with Crippen LogP contribution in [0.25, 0.3) is 0 Å². The molecule has 84 valence electrons. The highest BCUT2D eigenvalue weighted by Gasteiger charge is 2.12. The third kappa shape index (κ3) is 2.61. The molecule has 0 aliphatic heterocycles. The van der Waals surface area contributed by atoms with Crippen molar-refractivity contribution in [2.75, 3.05) is 0 Å². The average Bonchev–Trinajstić information content (AvgIpc) is 2.82. The fraction of sp³-hybridized carbons (Fsp3) is 0.308. The van der Waals surface area contributed by atoms with Gasteiger partial charge in [-0.25, -0.2) is 4.98 Å². The third-order valence-electron chi connectivity index (χ3n) is 2.71. The number of hydrogen-bond donors (Lipinski definition) is 1. The summed E-state index contributed by atoms with van der Waals surface area (Å²) in [5, 5.41) is 12.4. The van der Waals surface area contributed by atoms with Crippen molar-refractivity contribution >= 4 is 11.3 Å². The minimum absolute atomic E-state index is 0.325. The predicted octanol–water partition coefficient (Wildman–Crippen LogP) is 3.59. The Morgan fingerprint density at radius 3 is 2.62 bits per heavy atom. The first kappa shape index (κ1) is 11.1. The van der Waals surface area contributed by atoms with Gasteiger partial charge in [0.15, 0.2) is 0 Å². The Morgan fingerprint density at radius 2 is 2.06 bits per heavy atom. The number of hydrogen-bond acceptors (Lipinski definition) is 3. The van der Waals surface area contributed by atoms with Crippen LogP contribution in [0.5, 0.6) is 5.75 Å². The summed E-state index contributed by atoms with van der Waals surface area (Å²) in [6, 6.07) is 7.44. The van der Waals surface area contributed by atoms with Gasteiger partial charge >= 0.3 is 0 Å². The standard InChI is InChI=1S/C13H15NOS/c1-2-11(13-14-7-8-16-13)9-10-3-5-12(15)6-4-10/h3-8,11,15H,2,9H2,1H3/t11-/m1/s1. The van der Waals surface area contributed by atoms with Gasteiger partial charge in [-0.15, -0.1) is 11.3 Å². The van der Waals surface area contributed by atoms with E-state index in [1.54, 1.807) is 23.5 Å². The van der Waals surface area contributed by atoms with Crippen molar-refractivity contribution in [3.05, 3.63) is 46.4 Å². The molecule has 0 unspecified atom stereocenters. The Labute approximate surface area is 99.6 Å². The maximum atomic E-state index is 9.22. The Kier molecular flexibility index (Phi) is 3.57. The minimum Gasteiger partial charge on any atom is -0.508 e. The lowest BCUT2D eigenvalue weighted by Crippen LogP contribution is -2.01. The molecule has 0 radical (unpaired) electrons. The van der Waals surface area contributed by atoms with Gasteiger partial charge in [0, 0.05) is 17.5 Å². The number of phenolic OH excluding ortho intramolecular Hbond substituents is 1. The molecule has 2 aromatic rings. The van der Waals surface area contributed by atoms with Gasteiger partial charge in [-0.05, 0) is 30.5 Å². The summed E-state index contributed by atoms with van der Waals surface area (Å²) in [7, 11) is 0. The Balaban J connectivity index is 2.10. The van der Waals surface area contributed by atoms with Crippen molar-refractivity contribution < 1.29 is 5.11 Å². The molecule has 16 heavy (non-hydrogen) atoms. The van der Waals surface area contributed by atoms with Gasteiger partial charge in [0.2, 0.25) is 0 Å². The van der Waals surface area contributed by atoms with Gasteiger partial charge in [0.25, 0.3) is 0 Å². The number of aromatic nitrogens is 1. The Hall–Kier alpha value is -1.35. The molecule has 0 aliphatic rings. The highest BCUT2D eigenvalue weighted by atomic mass is 32.1. The van der Waals surface area contributed by atoms with Crippen LogP contribution in [0.15, 0.2) is 35.8 Å². The molecule has 0 amide bonds. The molecular weight excluding hydrogens is 218 g/mol. The molecule has 2 nitrogen and oxygen atoms in total. The Morgan fingerprint density at radius 1 is 1.31 bits per heavy atom. The zero-order valence-electron chi connectivity index (χ0n) is 9.26. The highest BCUT2D eigenvalue weighted by molar-refractivity contribution is 7.09. The lowest BCUT2D eigenvalue weighted by Gasteiger charge is -2.11. The second kappa shape index (κ2) is 5.12. The lowest BCUT2D eigenvalue weighted by molar-refractivity contribution is 0.475. The first-order chi connectivity index (χ1) is 7.79. The van der Waals surface area contributed by atoms with E-state index in [1.165, 1.54) is 10.6 Å². The fourth-order valence-corrected chi connectivity index (χ4v) is 2.58. The molecule has 1 N–H and O–H groups in total. The molecule has 2 rings (SSSR count). The quantitative estimate of drug-likeness (QED) is 0.875. The first-order valence-corrected chi connectivity index (χ1v) is 6.35. The molecule has 0 bridgehead atoms. The normalized spacial score (nSPS) is 12.6. The maximum Gasteiger partial charge on any atom is 0.115 e. The second-order valence-electron chi connectivity index (χ2n) is 3.85. The largest absolute Gasteiger partial charge is 0.508 e.